The van der Waals surface area contributed by atoms with Gasteiger partial charge in [0.2, 0.25) is 11.8 Å². The third kappa shape index (κ3) is 5.93. The van der Waals surface area contributed by atoms with Crippen LogP contribution in [0.1, 0.15) is 40.9 Å². The highest BCUT2D eigenvalue weighted by molar-refractivity contribution is 7.91. The Morgan fingerprint density at radius 2 is 1.94 bits per heavy atom. The molecule has 2 heterocycles. The van der Waals surface area contributed by atoms with E-state index in [1.165, 1.54) is 30.5 Å². The Hall–Kier alpha value is -3.67. The van der Waals surface area contributed by atoms with Gasteiger partial charge in [-0.3, -0.25) is 4.79 Å². The van der Waals surface area contributed by atoms with E-state index in [0.717, 1.165) is 19.3 Å². The number of hydrogen-bond donors (Lipinski definition) is 2. The largest absolute Gasteiger partial charge is 0.474 e. The molecule has 3 aromatic rings. The fraction of sp³-hybridized carbons (Fsp3) is 0.292. The van der Waals surface area contributed by atoms with Gasteiger partial charge in [0, 0.05) is 29.1 Å². The van der Waals surface area contributed by atoms with Crippen molar-refractivity contribution < 1.29 is 31.6 Å². The fourth-order valence-corrected chi connectivity index (χ4v) is 4.02. The van der Waals surface area contributed by atoms with Crippen LogP contribution in [0.3, 0.4) is 0 Å². The van der Waals surface area contributed by atoms with Crippen LogP contribution < -0.4 is 14.8 Å². The highest BCUT2D eigenvalue weighted by Gasteiger charge is 2.33. The van der Waals surface area contributed by atoms with Crippen molar-refractivity contribution in [3.63, 3.8) is 0 Å². The van der Waals surface area contributed by atoms with Crippen LogP contribution in [-0.4, -0.2) is 32.4 Å². The number of rotatable bonds is 7. The third-order valence-electron chi connectivity index (χ3n) is 5.52. The van der Waals surface area contributed by atoms with Crippen LogP contribution in [0, 0.1) is 11.7 Å². The molecule has 0 bridgehead atoms. The maximum Gasteiger partial charge on any atom is 0.417 e. The highest BCUT2D eigenvalue weighted by Crippen LogP contribution is 2.34. The standard InChI is InChI=1S/C24H23F3N4O4S/c1-14-20(9-10-21(30-14)34-17-6-4-7-17)35-23-19(11-15(13-29-23)24(25,26)27)22(32)31-16-5-3-8-18(12-16)36(2,28)33/h3,5,8-13,17,28H,4,6-7H2,1-2H3,(H,31,32). The van der Waals surface area contributed by atoms with E-state index in [1.807, 2.05) is 0 Å². The molecular formula is C24H23F3N4O4S. The summed E-state index contributed by atoms with van der Waals surface area (Å²) in [6.07, 6.45) is 0.174. The van der Waals surface area contributed by atoms with E-state index < -0.39 is 32.9 Å². The molecule has 0 radical (unpaired) electrons. The van der Waals surface area contributed by atoms with Gasteiger partial charge in [-0.25, -0.2) is 19.0 Å². The van der Waals surface area contributed by atoms with Gasteiger partial charge in [0.25, 0.3) is 5.91 Å². The summed E-state index contributed by atoms with van der Waals surface area (Å²) in [5.74, 6) is -0.679. The molecule has 1 aliphatic rings. The van der Waals surface area contributed by atoms with Crippen LogP contribution in [0.2, 0.25) is 0 Å². The molecule has 1 atom stereocenters. The number of ether oxygens (including phenoxy) is 2. The zero-order valence-corrected chi connectivity index (χ0v) is 20.2. The molecule has 0 spiro atoms. The molecule has 8 nitrogen and oxygen atoms in total. The first-order chi connectivity index (χ1) is 16.9. The molecule has 0 saturated heterocycles. The quantitative estimate of drug-likeness (QED) is 0.406. The summed E-state index contributed by atoms with van der Waals surface area (Å²) < 4.78 is 71.3. The van der Waals surface area contributed by atoms with Crippen LogP contribution in [0.25, 0.3) is 0 Å². The molecule has 4 rings (SSSR count). The van der Waals surface area contributed by atoms with Gasteiger partial charge in [-0.05, 0) is 56.5 Å². The number of aromatic nitrogens is 2. The van der Waals surface area contributed by atoms with Crippen LogP contribution in [0.4, 0.5) is 18.9 Å². The zero-order chi connectivity index (χ0) is 26.1. The molecule has 2 aromatic heterocycles. The Kier molecular flexibility index (Phi) is 6.90. The minimum Gasteiger partial charge on any atom is -0.474 e. The number of anilines is 1. The van der Waals surface area contributed by atoms with E-state index in [1.54, 1.807) is 19.1 Å². The van der Waals surface area contributed by atoms with Crippen molar-refractivity contribution in [1.82, 2.24) is 9.97 Å². The van der Waals surface area contributed by atoms with E-state index in [2.05, 4.69) is 15.3 Å². The van der Waals surface area contributed by atoms with E-state index in [-0.39, 0.29) is 28.3 Å². The summed E-state index contributed by atoms with van der Waals surface area (Å²) in [6, 6.07) is 9.50. The van der Waals surface area contributed by atoms with Gasteiger partial charge in [-0.15, -0.1) is 0 Å². The number of halogens is 3. The fourth-order valence-electron chi connectivity index (χ4n) is 3.33. The average molecular weight is 521 g/mol. The monoisotopic (exact) mass is 520 g/mol. The summed E-state index contributed by atoms with van der Waals surface area (Å²) in [4.78, 5) is 21.2. The van der Waals surface area contributed by atoms with Gasteiger partial charge in [0.15, 0.2) is 5.75 Å². The predicted molar refractivity (Wildman–Crippen MR) is 126 cm³/mol. The molecule has 1 fully saturated rings. The first-order valence-corrected chi connectivity index (χ1v) is 12.9. The van der Waals surface area contributed by atoms with Gasteiger partial charge in [0.05, 0.1) is 21.0 Å². The first-order valence-electron chi connectivity index (χ1n) is 10.9. The van der Waals surface area contributed by atoms with Crippen molar-refractivity contribution in [2.24, 2.45) is 0 Å². The number of alkyl halides is 3. The molecule has 1 amide bonds. The number of hydrogen-bond acceptors (Lipinski definition) is 7. The Morgan fingerprint density at radius 1 is 1.19 bits per heavy atom. The lowest BCUT2D eigenvalue weighted by molar-refractivity contribution is -0.137. The van der Waals surface area contributed by atoms with Crippen molar-refractivity contribution in [3.05, 3.63) is 65.5 Å². The maximum absolute atomic E-state index is 13.4. The van der Waals surface area contributed by atoms with E-state index in [4.69, 9.17) is 14.3 Å². The number of nitrogens with zero attached hydrogens (tertiary/aromatic N) is 2. The van der Waals surface area contributed by atoms with E-state index >= 15 is 0 Å². The Balaban J connectivity index is 1.63. The smallest absolute Gasteiger partial charge is 0.417 e. The van der Waals surface area contributed by atoms with Crippen molar-refractivity contribution in [2.75, 3.05) is 11.6 Å². The summed E-state index contributed by atoms with van der Waals surface area (Å²) in [5, 5.41) is 2.46. The van der Waals surface area contributed by atoms with Crippen molar-refractivity contribution >= 4 is 21.3 Å². The Labute approximate surface area is 205 Å². The van der Waals surface area contributed by atoms with Gasteiger partial charge in [-0.2, -0.15) is 13.2 Å². The maximum atomic E-state index is 13.4. The summed E-state index contributed by atoms with van der Waals surface area (Å²) >= 11 is 0. The van der Waals surface area contributed by atoms with Gasteiger partial charge >= 0.3 is 6.18 Å². The molecule has 1 unspecified atom stereocenters. The third-order valence-corrected chi connectivity index (χ3v) is 6.68. The number of pyridine rings is 2. The van der Waals surface area contributed by atoms with Gasteiger partial charge in [-0.1, -0.05) is 6.07 Å². The lowest BCUT2D eigenvalue weighted by atomic mass is 9.96. The number of benzene rings is 1. The van der Waals surface area contributed by atoms with Crippen molar-refractivity contribution in [2.45, 2.75) is 43.4 Å². The molecular weight excluding hydrogens is 497 g/mol. The molecule has 1 aliphatic carbocycles. The SMILES string of the molecule is Cc1nc(OC2CCC2)ccc1Oc1ncc(C(F)(F)F)cc1C(=O)Nc1cccc(S(C)(=N)=O)c1. The van der Waals surface area contributed by atoms with Crippen LogP contribution in [0.15, 0.2) is 53.6 Å². The van der Waals surface area contributed by atoms with E-state index in [0.29, 0.717) is 23.8 Å². The minimum absolute atomic E-state index is 0.116. The topological polar surface area (TPSA) is 114 Å². The van der Waals surface area contributed by atoms with Gasteiger partial charge in [0.1, 0.15) is 11.7 Å². The Bertz CT molecular complexity index is 1410. The zero-order valence-electron chi connectivity index (χ0n) is 19.4. The number of nitrogens with one attached hydrogen (secondary N) is 2. The van der Waals surface area contributed by atoms with Crippen LogP contribution >= 0.6 is 0 Å². The first kappa shape index (κ1) is 25.4. The highest BCUT2D eigenvalue weighted by atomic mass is 32.2. The number of carbonyl (C=O) groups excluding carboxylic acids is 1. The predicted octanol–water partition coefficient (Wildman–Crippen LogP) is 5.82. The molecule has 1 saturated carbocycles. The lowest BCUT2D eigenvalue weighted by Gasteiger charge is -2.25. The second kappa shape index (κ2) is 9.76. The normalized spacial score (nSPS) is 15.5. The molecule has 190 valence electrons. The Morgan fingerprint density at radius 3 is 2.56 bits per heavy atom. The number of carbonyl (C=O) groups is 1. The molecule has 12 heteroatoms. The minimum atomic E-state index is -4.74. The number of aryl methyl sites for hydroxylation is 1. The second-order valence-electron chi connectivity index (χ2n) is 8.41. The molecule has 1 aromatic carbocycles. The number of amides is 1. The van der Waals surface area contributed by atoms with Gasteiger partial charge < -0.3 is 14.8 Å². The summed E-state index contributed by atoms with van der Waals surface area (Å²) in [5.41, 5.74) is -1.04. The van der Waals surface area contributed by atoms with Crippen LogP contribution in [0.5, 0.6) is 17.5 Å². The van der Waals surface area contributed by atoms with Crippen LogP contribution in [-0.2, 0) is 15.9 Å². The molecule has 2 N–H and O–H groups in total. The molecule has 0 aliphatic heterocycles. The molecule has 36 heavy (non-hydrogen) atoms. The summed E-state index contributed by atoms with van der Waals surface area (Å²) in [6.45, 7) is 1.64. The van der Waals surface area contributed by atoms with E-state index in [9.17, 15) is 22.2 Å². The van der Waals surface area contributed by atoms with Crippen molar-refractivity contribution in [3.8, 4) is 17.5 Å². The average Bonchev–Trinajstić information content (AvgIpc) is 2.77. The lowest BCUT2D eigenvalue weighted by Crippen LogP contribution is -2.25. The second-order valence-corrected chi connectivity index (χ2v) is 10.6. The summed E-state index contributed by atoms with van der Waals surface area (Å²) in [7, 11) is -3.07. The van der Waals surface area contributed by atoms with Crippen molar-refractivity contribution in [1.29, 1.82) is 4.78 Å².